The van der Waals surface area contributed by atoms with Crippen molar-refractivity contribution in [3.63, 3.8) is 0 Å². The molecule has 2 rings (SSSR count). The molecule has 1 amide bonds. The van der Waals surface area contributed by atoms with Gasteiger partial charge in [0.15, 0.2) is 0 Å². The van der Waals surface area contributed by atoms with Crippen molar-refractivity contribution in [1.29, 1.82) is 0 Å². The second-order valence-corrected chi connectivity index (χ2v) is 4.80. The van der Waals surface area contributed by atoms with Crippen LogP contribution in [-0.4, -0.2) is 50.8 Å². The standard InChI is InChI=1S/C13H21NO4/c1-10-12(18-7-6-17-10)13(15)14-5-3-4-11(8-14)9-16-2/h11H,3-9H2,1-2H3. The van der Waals surface area contributed by atoms with Crippen LogP contribution in [0.15, 0.2) is 11.5 Å². The van der Waals surface area contributed by atoms with E-state index in [0.717, 1.165) is 25.9 Å². The molecule has 5 heteroatoms. The predicted octanol–water partition coefficient (Wildman–Crippen LogP) is 1.15. The average Bonchev–Trinajstić information content (AvgIpc) is 2.39. The summed E-state index contributed by atoms with van der Waals surface area (Å²) in [6.45, 7) is 5.00. The summed E-state index contributed by atoms with van der Waals surface area (Å²) < 4.78 is 16.0. The van der Waals surface area contributed by atoms with Crippen molar-refractivity contribution in [1.82, 2.24) is 4.90 Å². The van der Waals surface area contributed by atoms with Crippen molar-refractivity contribution in [3.05, 3.63) is 11.5 Å². The molecule has 2 heterocycles. The molecular formula is C13H21NO4. The summed E-state index contributed by atoms with van der Waals surface area (Å²) in [5, 5.41) is 0. The Hall–Kier alpha value is -1.23. The molecule has 0 aromatic carbocycles. The molecule has 0 bridgehead atoms. The molecule has 1 unspecified atom stereocenters. The van der Waals surface area contributed by atoms with Crippen molar-refractivity contribution in [2.24, 2.45) is 5.92 Å². The monoisotopic (exact) mass is 255 g/mol. The van der Waals surface area contributed by atoms with Crippen LogP contribution in [0.25, 0.3) is 0 Å². The highest BCUT2D eigenvalue weighted by atomic mass is 16.6. The molecule has 1 saturated heterocycles. The topological polar surface area (TPSA) is 48.0 Å². The molecule has 102 valence electrons. The summed E-state index contributed by atoms with van der Waals surface area (Å²) in [5.41, 5.74) is 0. The Balaban J connectivity index is 2.00. The van der Waals surface area contributed by atoms with E-state index in [1.165, 1.54) is 0 Å². The predicted molar refractivity (Wildman–Crippen MR) is 65.8 cm³/mol. The third-order valence-corrected chi connectivity index (χ3v) is 3.37. The van der Waals surface area contributed by atoms with Gasteiger partial charge >= 0.3 is 0 Å². The molecule has 18 heavy (non-hydrogen) atoms. The van der Waals surface area contributed by atoms with E-state index in [2.05, 4.69) is 0 Å². The third kappa shape index (κ3) is 2.96. The Bertz CT molecular complexity index is 338. The number of ether oxygens (including phenoxy) is 3. The highest BCUT2D eigenvalue weighted by Gasteiger charge is 2.29. The van der Waals surface area contributed by atoms with Crippen LogP contribution in [0.2, 0.25) is 0 Å². The molecule has 2 aliphatic rings. The quantitative estimate of drug-likeness (QED) is 0.759. The van der Waals surface area contributed by atoms with Gasteiger partial charge in [-0.2, -0.15) is 0 Å². The second kappa shape index (κ2) is 6.09. The van der Waals surface area contributed by atoms with Crippen LogP contribution in [-0.2, 0) is 19.0 Å². The fourth-order valence-corrected chi connectivity index (χ4v) is 2.48. The lowest BCUT2D eigenvalue weighted by Crippen LogP contribution is -2.43. The largest absolute Gasteiger partial charge is 0.491 e. The molecule has 0 aliphatic carbocycles. The van der Waals surface area contributed by atoms with Gasteiger partial charge in [-0.25, -0.2) is 0 Å². The molecule has 0 spiro atoms. The first-order valence-corrected chi connectivity index (χ1v) is 6.47. The Kier molecular flexibility index (Phi) is 4.47. The van der Waals surface area contributed by atoms with Crippen molar-refractivity contribution < 1.29 is 19.0 Å². The number of carbonyl (C=O) groups excluding carboxylic acids is 1. The summed E-state index contributed by atoms with van der Waals surface area (Å²) in [7, 11) is 1.70. The maximum atomic E-state index is 12.3. The van der Waals surface area contributed by atoms with E-state index in [1.807, 2.05) is 4.90 Å². The number of nitrogens with zero attached hydrogens (tertiary/aromatic N) is 1. The zero-order valence-corrected chi connectivity index (χ0v) is 11.1. The van der Waals surface area contributed by atoms with Crippen LogP contribution < -0.4 is 0 Å². The molecule has 0 saturated carbocycles. The lowest BCUT2D eigenvalue weighted by atomic mass is 9.99. The SMILES string of the molecule is COCC1CCCN(C(=O)C2=C(C)OCCO2)C1. The average molecular weight is 255 g/mol. The maximum Gasteiger partial charge on any atom is 0.292 e. The lowest BCUT2D eigenvalue weighted by molar-refractivity contribution is -0.134. The molecule has 2 aliphatic heterocycles. The van der Waals surface area contributed by atoms with E-state index < -0.39 is 0 Å². The fourth-order valence-electron chi connectivity index (χ4n) is 2.48. The molecule has 1 atom stereocenters. The van der Waals surface area contributed by atoms with Crippen molar-refractivity contribution in [3.8, 4) is 0 Å². The van der Waals surface area contributed by atoms with Crippen molar-refractivity contribution >= 4 is 5.91 Å². The van der Waals surface area contributed by atoms with Crippen molar-refractivity contribution in [2.45, 2.75) is 19.8 Å². The van der Waals surface area contributed by atoms with E-state index >= 15 is 0 Å². The highest BCUT2D eigenvalue weighted by molar-refractivity contribution is 5.92. The van der Waals surface area contributed by atoms with Gasteiger partial charge in [0.2, 0.25) is 5.76 Å². The second-order valence-electron chi connectivity index (χ2n) is 4.80. The number of carbonyl (C=O) groups is 1. The minimum absolute atomic E-state index is 0.0481. The molecule has 5 nitrogen and oxygen atoms in total. The first kappa shape index (κ1) is 13.2. The number of methoxy groups -OCH3 is 1. The number of hydrogen-bond donors (Lipinski definition) is 0. The maximum absolute atomic E-state index is 12.3. The van der Waals surface area contributed by atoms with E-state index in [0.29, 0.717) is 37.3 Å². The van der Waals surface area contributed by atoms with Gasteiger partial charge in [-0.3, -0.25) is 4.79 Å². The number of piperidine rings is 1. The Labute approximate surface area is 108 Å². The summed E-state index contributed by atoms with van der Waals surface area (Å²) in [6.07, 6.45) is 2.14. The summed E-state index contributed by atoms with van der Waals surface area (Å²) in [4.78, 5) is 14.2. The highest BCUT2D eigenvalue weighted by Crippen LogP contribution is 2.21. The first-order chi connectivity index (χ1) is 8.72. The van der Waals surface area contributed by atoms with Crippen LogP contribution in [0.3, 0.4) is 0 Å². The molecule has 0 aromatic rings. The first-order valence-electron chi connectivity index (χ1n) is 6.47. The summed E-state index contributed by atoms with van der Waals surface area (Å²) in [5.74, 6) is 1.35. The van der Waals surface area contributed by atoms with Crippen LogP contribution in [0, 0.1) is 5.92 Å². The normalized spacial score (nSPS) is 24.6. The number of amides is 1. The fraction of sp³-hybridized carbons (Fsp3) is 0.769. The van der Waals surface area contributed by atoms with Gasteiger partial charge in [0.05, 0.1) is 6.61 Å². The third-order valence-electron chi connectivity index (χ3n) is 3.37. The van der Waals surface area contributed by atoms with Crippen molar-refractivity contribution in [2.75, 3.05) is 40.0 Å². The number of likely N-dealkylation sites (tertiary alicyclic amines) is 1. The van der Waals surface area contributed by atoms with Gasteiger partial charge in [-0.15, -0.1) is 0 Å². The van der Waals surface area contributed by atoms with Crippen LogP contribution in [0.1, 0.15) is 19.8 Å². The van der Waals surface area contributed by atoms with Gasteiger partial charge in [0, 0.05) is 20.2 Å². The van der Waals surface area contributed by atoms with Gasteiger partial charge in [0.25, 0.3) is 5.91 Å². The minimum atomic E-state index is -0.0481. The Morgan fingerprint density at radius 2 is 2.22 bits per heavy atom. The molecule has 0 radical (unpaired) electrons. The molecular weight excluding hydrogens is 234 g/mol. The molecule has 0 aromatic heterocycles. The minimum Gasteiger partial charge on any atom is -0.491 e. The molecule has 0 N–H and O–H groups in total. The summed E-state index contributed by atoms with van der Waals surface area (Å²) in [6, 6.07) is 0. The van der Waals surface area contributed by atoms with Crippen LogP contribution >= 0.6 is 0 Å². The zero-order chi connectivity index (χ0) is 13.0. The number of hydrogen-bond acceptors (Lipinski definition) is 4. The summed E-state index contributed by atoms with van der Waals surface area (Å²) >= 11 is 0. The number of rotatable bonds is 3. The van der Waals surface area contributed by atoms with Crippen LogP contribution in [0.4, 0.5) is 0 Å². The number of allylic oxidation sites excluding steroid dienone is 1. The molecule has 1 fully saturated rings. The Morgan fingerprint density at radius 3 is 2.94 bits per heavy atom. The van der Waals surface area contributed by atoms with Gasteiger partial charge < -0.3 is 19.1 Å². The zero-order valence-electron chi connectivity index (χ0n) is 11.1. The van der Waals surface area contributed by atoms with E-state index in [1.54, 1.807) is 14.0 Å². The van der Waals surface area contributed by atoms with Gasteiger partial charge in [-0.05, 0) is 25.7 Å². The Morgan fingerprint density at radius 1 is 1.44 bits per heavy atom. The van der Waals surface area contributed by atoms with E-state index in [9.17, 15) is 4.79 Å². The smallest absolute Gasteiger partial charge is 0.292 e. The lowest BCUT2D eigenvalue weighted by Gasteiger charge is -2.33. The van der Waals surface area contributed by atoms with Crippen LogP contribution in [0.5, 0.6) is 0 Å². The van der Waals surface area contributed by atoms with E-state index in [4.69, 9.17) is 14.2 Å². The van der Waals surface area contributed by atoms with Gasteiger partial charge in [0.1, 0.15) is 19.0 Å². The van der Waals surface area contributed by atoms with Gasteiger partial charge in [-0.1, -0.05) is 0 Å². The van der Waals surface area contributed by atoms with E-state index in [-0.39, 0.29) is 5.91 Å².